The first-order valence-corrected chi connectivity index (χ1v) is 8.65. The van der Waals surface area contributed by atoms with Gasteiger partial charge in [0.1, 0.15) is 18.1 Å². The second-order valence-electron chi connectivity index (χ2n) is 5.52. The molecule has 0 aliphatic carbocycles. The van der Waals surface area contributed by atoms with Gasteiger partial charge in [0.25, 0.3) is 0 Å². The third-order valence-corrected chi connectivity index (χ3v) is 5.83. The number of aryl methyl sites for hydroxylation is 1. The van der Waals surface area contributed by atoms with Crippen molar-refractivity contribution in [3.8, 4) is 11.3 Å². The summed E-state index contributed by atoms with van der Waals surface area (Å²) in [7, 11) is -3.84. The van der Waals surface area contributed by atoms with E-state index in [1.807, 2.05) is 0 Å². The summed E-state index contributed by atoms with van der Waals surface area (Å²) in [5.74, 6) is 0.522. The average molecular weight is 340 g/mol. The van der Waals surface area contributed by atoms with Crippen LogP contribution in [0.2, 0.25) is 0 Å². The molecule has 0 amide bonds. The van der Waals surface area contributed by atoms with Crippen molar-refractivity contribution in [2.75, 3.05) is 13.2 Å². The Morgan fingerprint density at radius 3 is 2.65 bits per heavy atom. The number of alkyl halides is 1. The molecule has 0 saturated carbocycles. The number of hydrogen-bond donors (Lipinski definition) is 1. The summed E-state index contributed by atoms with van der Waals surface area (Å²) in [6.07, 6.45) is 0.264. The molecule has 3 rings (SSSR count). The van der Waals surface area contributed by atoms with E-state index in [-0.39, 0.29) is 17.9 Å². The highest BCUT2D eigenvalue weighted by molar-refractivity contribution is 7.89. The predicted octanol–water partition coefficient (Wildman–Crippen LogP) is 1.74. The van der Waals surface area contributed by atoms with Crippen LogP contribution < -0.4 is 0 Å². The van der Waals surface area contributed by atoms with Crippen molar-refractivity contribution in [2.45, 2.75) is 30.5 Å². The van der Waals surface area contributed by atoms with Crippen LogP contribution in [-0.2, 0) is 10.0 Å². The Morgan fingerprint density at radius 1 is 1.39 bits per heavy atom. The molecule has 2 aromatic rings. The van der Waals surface area contributed by atoms with Gasteiger partial charge >= 0.3 is 0 Å². The molecule has 1 aromatic heterocycles. The van der Waals surface area contributed by atoms with Gasteiger partial charge < -0.3 is 9.52 Å². The normalized spacial score (nSPS) is 22.6. The monoisotopic (exact) mass is 340 g/mol. The lowest BCUT2D eigenvalue weighted by Crippen LogP contribution is -2.37. The first-order valence-electron chi connectivity index (χ1n) is 7.21. The van der Waals surface area contributed by atoms with Gasteiger partial charge in [-0.1, -0.05) is 12.1 Å². The average Bonchev–Trinajstić information content (AvgIpc) is 3.13. The summed E-state index contributed by atoms with van der Waals surface area (Å²) < 4.78 is 44.9. The molecule has 1 aliphatic rings. The van der Waals surface area contributed by atoms with Gasteiger partial charge in [-0.25, -0.2) is 17.8 Å². The minimum Gasteiger partial charge on any atom is -0.449 e. The van der Waals surface area contributed by atoms with Crippen LogP contribution in [0.15, 0.2) is 39.8 Å². The molecule has 1 aliphatic heterocycles. The Hall–Kier alpha value is -1.77. The summed E-state index contributed by atoms with van der Waals surface area (Å²) in [6.45, 7) is 1.10. The third kappa shape index (κ3) is 3.01. The van der Waals surface area contributed by atoms with Crippen LogP contribution in [0.3, 0.4) is 0 Å². The largest absolute Gasteiger partial charge is 0.449 e. The molecule has 0 bridgehead atoms. The zero-order valence-electron chi connectivity index (χ0n) is 12.5. The number of rotatable bonds is 4. The summed E-state index contributed by atoms with van der Waals surface area (Å²) in [6, 6.07) is 5.44. The van der Waals surface area contributed by atoms with E-state index in [9.17, 15) is 17.9 Å². The first kappa shape index (κ1) is 16.1. The van der Waals surface area contributed by atoms with E-state index in [0.29, 0.717) is 11.6 Å². The standard InChI is InChI=1S/C15H17FN2O4S/c1-10-17-15(9-22-10)11-2-4-14(5-3-11)23(20,21)18-7-12(16)6-13(18)8-19/h2-5,9,12-13,19H,6-8H2,1H3/t12-,13-/m0/s1. The van der Waals surface area contributed by atoms with Gasteiger partial charge in [-0.15, -0.1) is 0 Å². The van der Waals surface area contributed by atoms with Crippen molar-refractivity contribution >= 4 is 10.0 Å². The van der Waals surface area contributed by atoms with E-state index in [0.717, 1.165) is 9.87 Å². The fourth-order valence-electron chi connectivity index (χ4n) is 2.72. The highest BCUT2D eigenvalue weighted by atomic mass is 32.2. The highest BCUT2D eigenvalue weighted by Crippen LogP contribution is 2.29. The van der Waals surface area contributed by atoms with E-state index in [2.05, 4.69) is 4.98 Å². The lowest BCUT2D eigenvalue weighted by atomic mass is 10.2. The Morgan fingerprint density at radius 2 is 2.09 bits per heavy atom. The summed E-state index contributed by atoms with van der Waals surface area (Å²) in [4.78, 5) is 4.24. The summed E-state index contributed by atoms with van der Waals surface area (Å²) in [5.41, 5.74) is 1.34. The van der Waals surface area contributed by atoms with Crippen LogP contribution in [0, 0.1) is 6.92 Å². The Kier molecular flexibility index (Phi) is 4.22. The van der Waals surface area contributed by atoms with Crippen molar-refractivity contribution < 1.29 is 22.3 Å². The maximum Gasteiger partial charge on any atom is 0.243 e. The molecule has 1 aromatic carbocycles. The van der Waals surface area contributed by atoms with Gasteiger partial charge in [-0.3, -0.25) is 0 Å². The van der Waals surface area contributed by atoms with Crippen LogP contribution >= 0.6 is 0 Å². The number of hydrogen-bond acceptors (Lipinski definition) is 5. The molecule has 1 saturated heterocycles. The molecule has 2 heterocycles. The van der Waals surface area contributed by atoms with Gasteiger partial charge in [0.15, 0.2) is 5.89 Å². The molecule has 8 heteroatoms. The maximum absolute atomic E-state index is 13.5. The summed E-state index contributed by atoms with van der Waals surface area (Å²) in [5, 5.41) is 9.27. The van der Waals surface area contributed by atoms with E-state index in [4.69, 9.17) is 4.42 Å². The van der Waals surface area contributed by atoms with Gasteiger partial charge in [0.2, 0.25) is 10.0 Å². The topological polar surface area (TPSA) is 83.6 Å². The highest BCUT2D eigenvalue weighted by Gasteiger charge is 2.40. The van der Waals surface area contributed by atoms with Crippen LogP contribution in [0.4, 0.5) is 4.39 Å². The molecule has 2 atom stereocenters. The lowest BCUT2D eigenvalue weighted by molar-refractivity contribution is 0.213. The van der Waals surface area contributed by atoms with Crippen LogP contribution in [0.25, 0.3) is 11.3 Å². The van der Waals surface area contributed by atoms with E-state index < -0.39 is 28.8 Å². The zero-order chi connectivity index (χ0) is 16.6. The molecule has 124 valence electrons. The molecule has 6 nitrogen and oxygen atoms in total. The fourth-order valence-corrected chi connectivity index (χ4v) is 4.37. The Balaban J connectivity index is 1.89. The number of oxazole rings is 1. The van der Waals surface area contributed by atoms with Crippen molar-refractivity contribution in [1.82, 2.24) is 9.29 Å². The molecule has 0 spiro atoms. The molecule has 1 N–H and O–H groups in total. The lowest BCUT2D eigenvalue weighted by Gasteiger charge is -2.22. The number of aliphatic hydroxyl groups is 1. The van der Waals surface area contributed by atoms with Crippen molar-refractivity contribution in [3.63, 3.8) is 0 Å². The van der Waals surface area contributed by atoms with Crippen LogP contribution in [-0.4, -0.2) is 48.2 Å². The Labute approximate surface area is 133 Å². The van der Waals surface area contributed by atoms with Gasteiger partial charge in [0, 0.05) is 19.0 Å². The van der Waals surface area contributed by atoms with Crippen molar-refractivity contribution in [3.05, 3.63) is 36.4 Å². The van der Waals surface area contributed by atoms with Crippen LogP contribution in [0.1, 0.15) is 12.3 Å². The second kappa shape index (κ2) is 6.03. The summed E-state index contributed by atoms with van der Waals surface area (Å²) >= 11 is 0. The number of halogens is 1. The molecular weight excluding hydrogens is 323 g/mol. The van der Waals surface area contributed by atoms with Gasteiger partial charge in [-0.05, 0) is 18.6 Å². The first-order chi connectivity index (χ1) is 10.9. The minimum absolute atomic E-state index is 0.0199. The zero-order valence-corrected chi connectivity index (χ0v) is 13.3. The van der Waals surface area contributed by atoms with Crippen molar-refractivity contribution in [1.29, 1.82) is 0 Å². The van der Waals surface area contributed by atoms with Crippen molar-refractivity contribution in [2.24, 2.45) is 0 Å². The number of benzene rings is 1. The van der Waals surface area contributed by atoms with Crippen LogP contribution in [0.5, 0.6) is 0 Å². The fraction of sp³-hybridized carbons (Fsp3) is 0.400. The maximum atomic E-state index is 13.5. The van der Waals surface area contributed by atoms with E-state index in [1.54, 1.807) is 19.1 Å². The molecule has 0 radical (unpaired) electrons. The van der Waals surface area contributed by atoms with E-state index in [1.165, 1.54) is 18.4 Å². The van der Waals surface area contributed by atoms with Gasteiger partial charge in [0.05, 0.1) is 17.5 Å². The quantitative estimate of drug-likeness (QED) is 0.917. The number of aliphatic hydroxyl groups excluding tert-OH is 1. The van der Waals surface area contributed by atoms with Gasteiger partial charge in [-0.2, -0.15) is 4.31 Å². The molecule has 0 unspecified atom stereocenters. The number of sulfonamides is 1. The number of aromatic nitrogens is 1. The third-order valence-electron chi connectivity index (χ3n) is 3.90. The molecule has 23 heavy (non-hydrogen) atoms. The molecular formula is C15H17FN2O4S. The minimum atomic E-state index is -3.84. The smallest absolute Gasteiger partial charge is 0.243 e. The van der Waals surface area contributed by atoms with E-state index >= 15 is 0 Å². The number of nitrogens with zero attached hydrogens (tertiary/aromatic N) is 2. The molecule has 1 fully saturated rings. The predicted molar refractivity (Wildman–Crippen MR) is 81.0 cm³/mol. The second-order valence-corrected chi connectivity index (χ2v) is 7.41. The SMILES string of the molecule is Cc1nc(-c2ccc(S(=O)(=O)N3C[C@@H](F)C[C@H]3CO)cc2)co1. The Bertz CT molecular complexity index is 788.